The zero-order chi connectivity index (χ0) is 12.4. The summed E-state index contributed by atoms with van der Waals surface area (Å²) in [6.07, 6.45) is 5.42. The predicted octanol–water partition coefficient (Wildman–Crippen LogP) is 3.82. The first-order chi connectivity index (χ1) is 8.86. The Morgan fingerprint density at radius 1 is 1.22 bits per heavy atom. The highest BCUT2D eigenvalue weighted by Crippen LogP contribution is 2.33. The van der Waals surface area contributed by atoms with Crippen molar-refractivity contribution in [3.05, 3.63) is 35.4 Å². The number of hydrogen-bond acceptors (Lipinski definition) is 1. The van der Waals surface area contributed by atoms with Gasteiger partial charge in [0.1, 0.15) is 0 Å². The van der Waals surface area contributed by atoms with E-state index in [1.807, 2.05) is 0 Å². The molecule has 1 aliphatic carbocycles. The number of alkyl halides is 1. The Morgan fingerprint density at radius 3 is 2.94 bits per heavy atom. The minimum absolute atomic E-state index is 0.782. The highest BCUT2D eigenvalue weighted by molar-refractivity contribution is 9.09. The SMILES string of the molecule is BrCC1CCN(CC2CCCc3ccccc32)C1. The number of likely N-dealkylation sites (tertiary alicyclic amines) is 1. The third-order valence-electron chi connectivity index (χ3n) is 4.56. The van der Waals surface area contributed by atoms with Crippen molar-refractivity contribution in [3.8, 4) is 0 Å². The van der Waals surface area contributed by atoms with Crippen LogP contribution in [0.3, 0.4) is 0 Å². The van der Waals surface area contributed by atoms with Gasteiger partial charge in [0.15, 0.2) is 0 Å². The Bertz CT molecular complexity index is 404. The maximum atomic E-state index is 3.63. The number of nitrogens with zero attached hydrogens (tertiary/aromatic N) is 1. The van der Waals surface area contributed by atoms with E-state index in [1.165, 1.54) is 50.6 Å². The normalized spacial score (nSPS) is 28.3. The molecule has 1 saturated heterocycles. The van der Waals surface area contributed by atoms with Gasteiger partial charge in [-0.15, -0.1) is 0 Å². The van der Waals surface area contributed by atoms with E-state index in [-0.39, 0.29) is 0 Å². The quantitative estimate of drug-likeness (QED) is 0.767. The van der Waals surface area contributed by atoms with Crippen molar-refractivity contribution in [2.24, 2.45) is 5.92 Å². The first-order valence-electron chi connectivity index (χ1n) is 7.23. The lowest BCUT2D eigenvalue weighted by molar-refractivity contribution is 0.293. The summed E-state index contributed by atoms with van der Waals surface area (Å²) in [7, 11) is 0. The van der Waals surface area contributed by atoms with Crippen LogP contribution in [-0.4, -0.2) is 29.9 Å². The zero-order valence-corrected chi connectivity index (χ0v) is 12.5. The van der Waals surface area contributed by atoms with Gasteiger partial charge in [0.25, 0.3) is 0 Å². The monoisotopic (exact) mass is 307 g/mol. The van der Waals surface area contributed by atoms with Crippen molar-refractivity contribution in [2.75, 3.05) is 25.0 Å². The maximum absolute atomic E-state index is 3.63. The minimum atomic E-state index is 0.782. The first-order valence-corrected chi connectivity index (χ1v) is 8.35. The molecule has 0 radical (unpaired) electrons. The highest BCUT2D eigenvalue weighted by atomic mass is 79.9. The van der Waals surface area contributed by atoms with Gasteiger partial charge in [-0.1, -0.05) is 40.2 Å². The Morgan fingerprint density at radius 2 is 2.11 bits per heavy atom. The van der Waals surface area contributed by atoms with E-state index < -0.39 is 0 Å². The van der Waals surface area contributed by atoms with Crippen LogP contribution in [0.2, 0.25) is 0 Å². The molecule has 98 valence electrons. The summed E-state index contributed by atoms with van der Waals surface area (Å²) in [5.74, 6) is 1.66. The van der Waals surface area contributed by atoms with E-state index in [9.17, 15) is 0 Å². The van der Waals surface area contributed by atoms with Crippen molar-refractivity contribution in [1.29, 1.82) is 0 Å². The Labute approximate surface area is 119 Å². The van der Waals surface area contributed by atoms with Gasteiger partial charge in [-0.3, -0.25) is 0 Å². The second kappa shape index (κ2) is 5.75. The van der Waals surface area contributed by atoms with E-state index in [0.29, 0.717) is 0 Å². The molecule has 2 atom stereocenters. The van der Waals surface area contributed by atoms with Crippen molar-refractivity contribution in [2.45, 2.75) is 31.6 Å². The van der Waals surface area contributed by atoms with Crippen molar-refractivity contribution in [3.63, 3.8) is 0 Å². The topological polar surface area (TPSA) is 3.24 Å². The second-order valence-corrected chi connectivity index (χ2v) is 6.50. The summed E-state index contributed by atoms with van der Waals surface area (Å²) < 4.78 is 0. The number of rotatable bonds is 3. The van der Waals surface area contributed by atoms with Gasteiger partial charge in [0, 0.05) is 18.4 Å². The molecule has 1 fully saturated rings. The Hall–Kier alpha value is -0.340. The molecule has 1 nitrogen and oxygen atoms in total. The summed E-state index contributed by atoms with van der Waals surface area (Å²) >= 11 is 3.63. The Balaban J connectivity index is 1.67. The molecule has 3 rings (SSSR count). The fourth-order valence-corrected chi connectivity index (χ4v) is 4.09. The van der Waals surface area contributed by atoms with Crippen LogP contribution in [0, 0.1) is 5.92 Å². The average Bonchev–Trinajstić information content (AvgIpc) is 2.87. The lowest BCUT2D eigenvalue weighted by Gasteiger charge is -2.29. The molecule has 0 N–H and O–H groups in total. The molecule has 2 aliphatic rings. The number of hydrogen-bond donors (Lipinski definition) is 0. The third kappa shape index (κ3) is 2.65. The fraction of sp³-hybridized carbons (Fsp3) is 0.625. The maximum Gasteiger partial charge on any atom is 0.00723 e. The summed E-state index contributed by atoms with van der Waals surface area (Å²) in [5, 5.41) is 1.17. The molecule has 0 bridgehead atoms. The average molecular weight is 308 g/mol. The van der Waals surface area contributed by atoms with Gasteiger partial charge in [0.05, 0.1) is 0 Å². The molecule has 1 heterocycles. The van der Waals surface area contributed by atoms with Crippen molar-refractivity contribution >= 4 is 15.9 Å². The van der Waals surface area contributed by atoms with E-state index >= 15 is 0 Å². The third-order valence-corrected chi connectivity index (χ3v) is 5.48. The molecule has 18 heavy (non-hydrogen) atoms. The van der Waals surface area contributed by atoms with Crippen LogP contribution < -0.4 is 0 Å². The van der Waals surface area contributed by atoms with Crippen LogP contribution in [0.4, 0.5) is 0 Å². The number of aryl methyl sites for hydroxylation is 1. The van der Waals surface area contributed by atoms with Crippen LogP contribution in [-0.2, 0) is 6.42 Å². The molecular formula is C16H22BrN. The minimum Gasteiger partial charge on any atom is -0.302 e. The number of benzene rings is 1. The zero-order valence-electron chi connectivity index (χ0n) is 10.9. The molecule has 1 aliphatic heterocycles. The largest absolute Gasteiger partial charge is 0.302 e. The molecular weight excluding hydrogens is 286 g/mol. The van der Waals surface area contributed by atoms with Gasteiger partial charge in [0.2, 0.25) is 0 Å². The molecule has 0 spiro atoms. The van der Waals surface area contributed by atoms with E-state index in [1.54, 1.807) is 11.1 Å². The van der Waals surface area contributed by atoms with Gasteiger partial charge < -0.3 is 4.90 Å². The van der Waals surface area contributed by atoms with Crippen LogP contribution in [0.15, 0.2) is 24.3 Å². The molecule has 2 heteroatoms. The molecule has 0 amide bonds. The lowest BCUT2D eigenvalue weighted by Crippen LogP contribution is -2.28. The van der Waals surface area contributed by atoms with Gasteiger partial charge in [-0.25, -0.2) is 0 Å². The first kappa shape index (κ1) is 12.7. The highest BCUT2D eigenvalue weighted by Gasteiger charge is 2.26. The second-order valence-electron chi connectivity index (χ2n) is 5.86. The summed E-state index contributed by atoms with van der Waals surface area (Å²) in [5.41, 5.74) is 3.23. The van der Waals surface area contributed by atoms with Gasteiger partial charge in [-0.2, -0.15) is 0 Å². The molecule has 1 aromatic carbocycles. The van der Waals surface area contributed by atoms with Crippen LogP contribution >= 0.6 is 15.9 Å². The van der Waals surface area contributed by atoms with E-state index in [0.717, 1.165) is 11.8 Å². The number of halogens is 1. The fourth-order valence-electron chi connectivity index (χ4n) is 3.56. The molecule has 0 saturated carbocycles. The molecule has 0 aromatic heterocycles. The van der Waals surface area contributed by atoms with Crippen LogP contribution in [0.5, 0.6) is 0 Å². The Kier molecular flexibility index (Phi) is 4.05. The van der Waals surface area contributed by atoms with Gasteiger partial charge in [-0.05, 0) is 55.2 Å². The predicted molar refractivity (Wildman–Crippen MR) is 80.5 cm³/mol. The summed E-state index contributed by atoms with van der Waals surface area (Å²) in [4.78, 5) is 2.68. The van der Waals surface area contributed by atoms with E-state index in [2.05, 4.69) is 45.1 Å². The molecule has 2 unspecified atom stereocenters. The van der Waals surface area contributed by atoms with Crippen LogP contribution in [0.1, 0.15) is 36.3 Å². The van der Waals surface area contributed by atoms with Crippen LogP contribution in [0.25, 0.3) is 0 Å². The lowest BCUT2D eigenvalue weighted by atomic mass is 9.82. The molecule has 1 aromatic rings. The summed E-state index contributed by atoms with van der Waals surface area (Å²) in [6.45, 7) is 3.87. The standard InChI is InChI=1S/C16H22BrN/c17-10-13-8-9-18(11-13)12-15-6-3-5-14-4-1-2-7-16(14)15/h1-2,4,7,13,15H,3,5-6,8-12H2. The summed E-state index contributed by atoms with van der Waals surface area (Å²) in [6, 6.07) is 9.09. The number of fused-ring (bicyclic) bond motifs is 1. The van der Waals surface area contributed by atoms with Gasteiger partial charge >= 0.3 is 0 Å². The van der Waals surface area contributed by atoms with E-state index in [4.69, 9.17) is 0 Å². The van der Waals surface area contributed by atoms with Crippen molar-refractivity contribution in [1.82, 2.24) is 4.90 Å². The smallest absolute Gasteiger partial charge is 0.00723 e. The van der Waals surface area contributed by atoms with Crippen molar-refractivity contribution < 1.29 is 0 Å².